The molecular formula is C24H19CuN6O8S2-. The minimum atomic E-state index is -4.49. The van der Waals surface area contributed by atoms with Crippen molar-refractivity contribution in [3.8, 4) is 0 Å². The molecule has 217 valence electrons. The van der Waals surface area contributed by atoms with Gasteiger partial charge in [0.2, 0.25) is 0 Å². The molecule has 0 fully saturated rings. The van der Waals surface area contributed by atoms with Gasteiger partial charge in [0.15, 0.2) is 0 Å². The fraction of sp³-hybridized carbons (Fsp3) is 0. The van der Waals surface area contributed by atoms with E-state index in [-0.39, 0.29) is 39.7 Å². The molecule has 0 aliphatic rings. The summed E-state index contributed by atoms with van der Waals surface area (Å²) >= 11 is 0. The molecule has 0 aliphatic carbocycles. The SMILES string of the molecule is O=S(=O)([O-])c1ccc(N=NN([O-])c2ccccc2)cc1.O=S(=O)([O-])c1ccc(N=NN([O-])c2ccccc2)cc1.[Cu+2].[H+]. The topological polar surface area (TPSA) is 216 Å². The molecule has 17 heteroatoms. The van der Waals surface area contributed by atoms with Crippen LogP contribution in [0.5, 0.6) is 0 Å². The Morgan fingerprint density at radius 3 is 1.07 bits per heavy atom. The quantitative estimate of drug-likeness (QED) is 0.104. The Morgan fingerprint density at radius 1 is 0.512 bits per heavy atom. The fourth-order valence-corrected chi connectivity index (χ4v) is 3.70. The van der Waals surface area contributed by atoms with E-state index in [1.165, 1.54) is 24.3 Å². The van der Waals surface area contributed by atoms with Crippen molar-refractivity contribution in [1.82, 2.24) is 0 Å². The van der Waals surface area contributed by atoms with E-state index in [9.17, 15) is 36.4 Å². The van der Waals surface area contributed by atoms with Crippen molar-refractivity contribution in [2.24, 2.45) is 20.7 Å². The Bertz CT molecular complexity index is 1540. The second-order valence-electron chi connectivity index (χ2n) is 7.49. The van der Waals surface area contributed by atoms with Gasteiger partial charge in [-0.2, -0.15) is 0 Å². The molecule has 41 heavy (non-hydrogen) atoms. The third-order valence-electron chi connectivity index (χ3n) is 4.69. The van der Waals surface area contributed by atoms with Gasteiger partial charge in [0, 0.05) is 11.4 Å². The van der Waals surface area contributed by atoms with Crippen molar-refractivity contribution in [2.75, 3.05) is 10.3 Å². The van der Waals surface area contributed by atoms with Gasteiger partial charge in [-0.1, -0.05) is 46.8 Å². The zero-order valence-electron chi connectivity index (χ0n) is 21.5. The molecule has 0 aliphatic heterocycles. The molecule has 0 unspecified atom stereocenters. The summed E-state index contributed by atoms with van der Waals surface area (Å²) in [6, 6.07) is 26.1. The van der Waals surface area contributed by atoms with Crippen molar-refractivity contribution in [3.05, 3.63) is 120 Å². The van der Waals surface area contributed by atoms with Gasteiger partial charge in [0.25, 0.3) is 0 Å². The van der Waals surface area contributed by atoms with Gasteiger partial charge in [0.05, 0.1) is 21.2 Å². The molecule has 14 nitrogen and oxygen atoms in total. The van der Waals surface area contributed by atoms with Crippen LogP contribution in [0, 0.1) is 10.4 Å². The summed E-state index contributed by atoms with van der Waals surface area (Å²) < 4.78 is 64.4. The molecule has 4 aromatic carbocycles. The first-order valence-corrected chi connectivity index (χ1v) is 13.7. The van der Waals surface area contributed by atoms with Crippen molar-refractivity contribution >= 4 is 43.0 Å². The van der Waals surface area contributed by atoms with E-state index < -0.39 is 20.2 Å². The summed E-state index contributed by atoms with van der Waals surface area (Å²) in [5.74, 6) is 0. The maximum Gasteiger partial charge on any atom is 2.00 e. The summed E-state index contributed by atoms with van der Waals surface area (Å²) in [5.41, 5.74) is 1.15. The number of hydrogen-bond acceptors (Lipinski definition) is 12. The van der Waals surface area contributed by atoms with Gasteiger partial charge < -0.3 is 29.9 Å². The Hall–Kier alpha value is -4.06. The van der Waals surface area contributed by atoms with Crippen LogP contribution >= 0.6 is 0 Å². The molecular weight excluding hydrogens is 628 g/mol. The molecule has 0 bridgehead atoms. The van der Waals surface area contributed by atoms with E-state index in [2.05, 4.69) is 20.7 Å². The van der Waals surface area contributed by atoms with Crippen LogP contribution < -0.4 is 10.3 Å². The second kappa shape index (κ2) is 15.1. The number of anilines is 2. The third-order valence-corrected chi connectivity index (χ3v) is 6.39. The van der Waals surface area contributed by atoms with Gasteiger partial charge in [0.1, 0.15) is 20.2 Å². The van der Waals surface area contributed by atoms with E-state index in [4.69, 9.17) is 0 Å². The van der Waals surface area contributed by atoms with E-state index in [1.54, 1.807) is 60.7 Å². The summed E-state index contributed by atoms with van der Waals surface area (Å²) in [5, 5.41) is 37.9. The van der Waals surface area contributed by atoms with E-state index in [0.717, 1.165) is 24.3 Å². The molecule has 4 rings (SSSR count). The maximum absolute atomic E-state index is 11.6. The molecule has 0 heterocycles. The molecule has 0 aromatic heterocycles. The van der Waals surface area contributed by atoms with E-state index in [1.807, 2.05) is 0 Å². The summed E-state index contributed by atoms with van der Waals surface area (Å²) in [4.78, 5) is -0.725. The summed E-state index contributed by atoms with van der Waals surface area (Å²) in [6.07, 6.45) is 0. The zero-order chi connectivity index (χ0) is 29.2. The second-order valence-corrected chi connectivity index (χ2v) is 10.3. The van der Waals surface area contributed by atoms with Crippen LogP contribution in [0.1, 0.15) is 1.43 Å². The van der Waals surface area contributed by atoms with Gasteiger partial charge in [-0.25, -0.2) is 16.8 Å². The van der Waals surface area contributed by atoms with Crippen LogP contribution in [0.2, 0.25) is 0 Å². The number of hydrogen-bond donors (Lipinski definition) is 0. The van der Waals surface area contributed by atoms with E-state index >= 15 is 0 Å². The average Bonchev–Trinajstić information content (AvgIpc) is 2.95. The third kappa shape index (κ3) is 10.8. The first-order valence-electron chi connectivity index (χ1n) is 10.9. The largest absolute Gasteiger partial charge is 2.00 e. The van der Waals surface area contributed by atoms with Crippen LogP contribution in [-0.2, 0) is 37.3 Å². The molecule has 1 radical (unpaired) electrons. The van der Waals surface area contributed by atoms with E-state index in [0.29, 0.717) is 21.7 Å². The first kappa shape index (κ1) is 33.1. The molecule has 0 N–H and O–H groups in total. The molecule has 0 atom stereocenters. The van der Waals surface area contributed by atoms with Crippen LogP contribution in [0.3, 0.4) is 0 Å². The minimum absolute atomic E-state index is 0. The maximum atomic E-state index is 11.6. The van der Waals surface area contributed by atoms with Crippen molar-refractivity contribution < 1.29 is 44.4 Å². The van der Waals surface area contributed by atoms with Crippen LogP contribution in [-0.4, -0.2) is 25.9 Å². The first-order chi connectivity index (χ1) is 18.9. The fourth-order valence-electron chi connectivity index (χ4n) is 2.76. The van der Waals surface area contributed by atoms with Crippen molar-refractivity contribution in [3.63, 3.8) is 0 Å². The predicted molar refractivity (Wildman–Crippen MR) is 144 cm³/mol. The van der Waals surface area contributed by atoms with Gasteiger partial charge >= 0.3 is 18.5 Å². The minimum Gasteiger partial charge on any atom is -0.744 e. The summed E-state index contributed by atoms with van der Waals surface area (Å²) in [6.45, 7) is 0. The van der Waals surface area contributed by atoms with Gasteiger partial charge in [-0.15, -0.1) is 10.2 Å². The molecule has 0 saturated carbocycles. The standard InChI is InChI=1S/2C12H10N3O4S.Cu/c2*16-15(11-4-2-1-3-5-11)14-13-10-6-8-12(9-7-10)20(17,18)19;/h2*1-9H,(H,17,18,19);/q2*-1;+2/p-1. The molecule has 0 amide bonds. The number of nitrogens with zero attached hydrogens (tertiary/aromatic N) is 6. The van der Waals surface area contributed by atoms with Crippen LogP contribution in [0.15, 0.2) is 140 Å². The number of para-hydroxylation sites is 2. The summed E-state index contributed by atoms with van der Waals surface area (Å²) in [7, 11) is -8.98. The number of benzene rings is 4. The normalized spacial score (nSPS) is 11.4. The predicted octanol–water partition coefficient (Wildman–Crippen LogP) is 5.30. The number of rotatable bonds is 8. The Balaban J connectivity index is 0.000000401. The van der Waals surface area contributed by atoms with Crippen LogP contribution in [0.25, 0.3) is 0 Å². The average molecular weight is 647 g/mol. The smallest absolute Gasteiger partial charge is 0.744 e. The molecule has 4 aromatic rings. The Labute approximate surface area is 247 Å². The van der Waals surface area contributed by atoms with Crippen molar-refractivity contribution in [1.29, 1.82) is 0 Å². The Kier molecular flexibility index (Phi) is 12.2. The molecule has 0 spiro atoms. The monoisotopic (exact) mass is 646 g/mol. The van der Waals surface area contributed by atoms with Gasteiger partial charge in [-0.05, 0) is 72.8 Å². The Morgan fingerprint density at radius 2 is 0.805 bits per heavy atom. The molecule has 0 saturated heterocycles. The van der Waals surface area contributed by atoms with Crippen molar-refractivity contribution in [2.45, 2.75) is 9.79 Å². The van der Waals surface area contributed by atoms with Crippen LogP contribution in [0.4, 0.5) is 22.7 Å². The zero-order valence-corrected chi connectivity index (χ0v) is 23.0. The van der Waals surface area contributed by atoms with Gasteiger partial charge in [-0.3, -0.25) is 0 Å².